The number of rotatable bonds is 6. The third-order valence-corrected chi connectivity index (χ3v) is 6.76. The van der Waals surface area contributed by atoms with E-state index in [0.29, 0.717) is 28.3 Å². The molecule has 1 N–H and O–H groups in total. The van der Waals surface area contributed by atoms with Crippen LogP contribution in [-0.4, -0.2) is 30.0 Å². The topological polar surface area (TPSA) is 76.1 Å². The molecule has 37 heavy (non-hydrogen) atoms. The lowest BCUT2D eigenvalue weighted by Crippen LogP contribution is -2.29. The number of Topliss-reactive ketones (excluding diaryl/α,β-unsaturated/α-hetero) is 1. The third-order valence-electron chi connectivity index (χ3n) is 6.76. The summed E-state index contributed by atoms with van der Waals surface area (Å²) in [5.41, 5.74) is 5.39. The molecule has 0 radical (unpaired) electrons. The summed E-state index contributed by atoms with van der Waals surface area (Å²) in [4.78, 5) is 28.6. The second kappa shape index (κ2) is 10.1. The molecule has 6 nitrogen and oxygen atoms in total. The Morgan fingerprint density at radius 2 is 1.62 bits per heavy atom. The number of methoxy groups -OCH3 is 1. The summed E-state index contributed by atoms with van der Waals surface area (Å²) in [5.74, 6) is -0.334. The molecular weight excluding hydrogens is 466 g/mol. The Balaban J connectivity index is 1.98. The van der Waals surface area contributed by atoms with E-state index in [4.69, 9.17) is 9.47 Å². The van der Waals surface area contributed by atoms with Gasteiger partial charge in [-0.05, 0) is 106 Å². The normalized spacial score (nSPS) is 17.0. The first kappa shape index (κ1) is 26.0. The average Bonchev–Trinajstić information content (AvgIpc) is 3.11. The maximum atomic E-state index is 13.6. The van der Waals surface area contributed by atoms with E-state index in [1.54, 1.807) is 13.2 Å². The molecule has 0 spiro atoms. The fourth-order valence-electron chi connectivity index (χ4n) is 4.73. The number of ketones is 1. The summed E-state index contributed by atoms with van der Waals surface area (Å²) in [6.07, 6.45) is -0.0497. The Morgan fingerprint density at radius 1 is 0.892 bits per heavy atom. The highest BCUT2D eigenvalue weighted by molar-refractivity contribution is 6.51. The molecule has 0 aromatic heterocycles. The zero-order chi connectivity index (χ0) is 27.0. The maximum absolute atomic E-state index is 13.6. The first-order valence-corrected chi connectivity index (χ1v) is 12.3. The molecule has 1 amide bonds. The molecule has 1 aliphatic rings. The minimum absolute atomic E-state index is 0.0394. The lowest BCUT2D eigenvalue weighted by atomic mass is 9.92. The molecular formula is C31H33NO5. The Hall–Kier alpha value is -4.06. The minimum atomic E-state index is -0.834. The van der Waals surface area contributed by atoms with E-state index in [1.807, 2.05) is 90.1 Å². The molecule has 1 unspecified atom stereocenters. The molecule has 0 saturated carbocycles. The van der Waals surface area contributed by atoms with E-state index < -0.39 is 17.7 Å². The van der Waals surface area contributed by atoms with E-state index in [1.165, 1.54) is 4.90 Å². The maximum Gasteiger partial charge on any atom is 0.300 e. The molecule has 4 rings (SSSR count). The van der Waals surface area contributed by atoms with E-state index in [-0.39, 0.29) is 17.4 Å². The van der Waals surface area contributed by atoms with E-state index >= 15 is 0 Å². The van der Waals surface area contributed by atoms with Gasteiger partial charge in [-0.3, -0.25) is 14.5 Å². The van der Waals surface area contributed by atoms with Gasteiger partial charge in [0.15, 0.2) is 0 Å². The number of aliphatic hydroxyl groups is 1. The summed E-state index contributed by atoms with van der Waals surface area (Å²) in [5, 5.41) is 11.6. The highest BCUT2D eigenvalue weighted by Gasteiger charge is 2.47. The fraction of sp³-hybridized carbons (Fsp3) is 0.290. The monoisotopic (exact) mass is 499 g/mol. The third kappa shape index (κ3) is 4.84. The number of ether oxygens (including phenoxy) is 2. The molecule has 1 heterocycles. The van der Waals surface area contributed by atoms with Crippen molar-refractivity contribution < 1.29 is 24.2 Å². The van der Waals surface area contributed by atoms with Crippen molar-refractivity contribution in [3.05, 3.63) is 93.6 Å². The lowest BCUT2D eigenvalue weighted by molar-refractivity contribution is -0.132. The Bertz CT molecular complexity index is 1420. The lowest BCUT2D eigenvalue weighted by Gasteiger charge is -2.26. The second-order valence-corrected chi connectivity index (χ2v) is 9.81. The van der Waals surface area contributed by atoms with Crippen LogP contribution in [0.5, 0.6) is 11.5 Å². The summed E-state index contributed by atoms with van der Waals surface area (Å²) in [7, 11) is 1.59. The number of carbonyl (C=O) groups excluding carboxylic acids is 2. The predicted octanol–water partition coefficient (Wildman–Crippen LogP) is 6.34. The van der Waals surface area contributed by atoms with Crippen LogP contribution in [0, 0.1) is 27.7 Å². The Kier molecular flexibility index (Phi) is 7.12. The number of carbonyl (C=O) groups is 2. The zero-order valence-corrected chi connectivity index (χ0v) is 22.4. The van der Waals surface area contributed by atoms with Gasteiger partial charge in [-0.2, -0.15) is 0 Å². The van der Waals surface area contributed by atoms with Crippen LogP contribution in [0.25, 0.3) is 5.76 Å². The van der Waals surface area contributed by atoms with E-state index in [0.717, 1.165) is 22.3 Å². The van der Waals surface area contributed by atoms with Crippen molar-refractivity contribution in [2.45, 2.75) is 53.7 Å². The van der Waals surface area contributed by atoms with E-state index in [9.17, 15) is 14.7 Å². The zero-order valence-electron chi connectivity index (χ0n) is 22.4. The first-order chi connectivity index (χ1) is 17.5. The molecule has 6 heteroatoms. The van der Waals surface area contributed by atoms with Crippen molar-refractivity contribution in [2.24, 2.45) is 0 Å². The van der Waals surface area contributed by atoms with Crippen molar-refractivity contribution in [3.8, 4) is 11.5 Å². The highest BCUT2D eigenvalue weighted by Crippen LogP contribution is 2.44. The van der Waals surface area contributed by atoms with Gasteiger partial charge in [-0.15, -0.1) is 0 Å². The minimum Gasteiger partial charge on any atom is -0.507 e. The van der Waals surface area contributed by atoms with Crippen molar-refractivity contribution in [2.75, 3.05) is 12.0 Å². The number of nitrogens with zero attached hydrogens (tertiary/aromatic N) is 1. The van der Waals surface area contributed by atoms with Gasteiger partial charge in [0.05, 0.1) is 24.8 Å². The molecule has 3 aromatic rings. The molecule has 3 aromatic carbocycles. The van der Waals surface area contributed by atoms with Crippen LogP contribution in [0.2, 0.25) is 0 Å². The summed E-state index contributed by atoms with van der Waals surface area (Å²) < 4.78 is 11.3. The van der Waals surface area contributed by atoms with Crippen LogP contribution in [-0.2, 0) is 9.59 Å². The predicted molar refractivity (Wildman–Crippen MR) is 145 cm³/mol. The molecule has 1 fully saturated rings. The number of aliphatic hydroxyl groups excluding tert-OH is 1. The van der Waals surface area contributed by atoms with Crippen LogP contribution in [0.15, 0.2) is 60.2 Å². The van der Waals surface area contributed by atoms with Gasteiger partial charge in [-0.1, -0.05) is 18.2 Å². The van der Waals surface area contributed by atoms with Crippen LogP contribution < -0.4 is 14.4 Å². The number of hydrogen-bond acceptors (Lipinski definition) is 5. The molecule has 1 saturated heterocycles. The summed E-state index contributed by atoms with van der Waals surface area (Å²) in [6.45, 7) is 11.5. The van der Waals surface area contributed by atoms with Crippen molar-refractivity contribution in [1.29, 1.82) is 0 Å². The van der Waals surface area contributed by atoms with Gasteiger partial charge in [0.1, 0.15) is 17.3 Å². The van der Waals surface area contributed by atoms with Crippen LogP contribution in [0.3, 0.4) is 0 Å². The van der Waals surface area contributed by atoms with Crippen LogP contribution in [0.1, 0.15) is 53.3 Å². The molecule has 1 aliphatic heterocycles. The number of amides is 1. The van der Waals surface area contributed by atoms with Gasteiger partial charge in [0.25, 0.3) is 11.7 Å². The highest BCUT2D eigenvalue weighted by atomic mass is 16.5. The van der Waals surface area contributed by atoms with Gasteiger partial charge in [0.2, 0.25) is 0 Å². The van der Waals surface area contributed by atoms with Crippen LogP contribution in [0.4, 0.5) is 5.69 Å². The first-order valence-electron chi connectivity index (χ1n) is 12.3. The molecule has 0 aliphatic carbocycles. The molecule has 0 bridgehead atoms. The Labute approximate surface area is 218 Å². The van der Waals surface area contributed by atoms with Crippen molar-refractivity contribution >= 4 is 23.1 Å². The standard InChI is InChI=1S/C31H33NO5/c1-17(2)37-24-10-8-9-22(16-24)28-27(29(33)25-14-21(6)26(36-7)15-20(25)5)30(34)31(35)32(28)23-12-11-18(3)19(4)13-23/h8-17,28,33H,1-7H3/b29-27+. The number of aryl methyl sites for hydroxylation is 4. The fourth-order valence-corrected chi connectivity index (χ4v) is 4.73. The largest absolute Gasteiger partial charge is 0.507 e. The smallest absolute Gasteiger partial charge is 0.300 e. The number of hydrogen-bond donors (Lipinski definition) is 1. The van der Waals surface area contributed by atoms with Gasteiger partial charge >= 0.3 is 0 Å². The quantitative estimate of drug-likeness (QED) is 0.243. The SMILES string of the molecule is COc1cc(C)c(/C(O)=C2\C(=O)C(=O)N(c3ccc(C)c(C)c3)C2c2cccc(OC(C)C)c2)cc1C. The van der Waals surface area contributed by atoms with Crippen molar-refractivity contribution in [3.63, 3.8) is 0 Å². The van der Waals surface area contributed by atoms with Crippen molar-refractivity contribution in [1.82, 2.24) is 0 Å². The number of anilines is 1. The number of benzene rings is 3. The van der Waals surface area contributed by atoms with Crippen LogP contribution >= 0.6 is 0 Å². The van der Waals surface area contributed by atoms with Gasteiger partial charge in [-0.25, -0.2) is 0 Å². The van der Waals surface area contributed by atoms with E-state index in [2.05, 4.69) is 0 Å². The summed E-state index contributed by atoms with van der Waals surface area (Å²) in [6, 6.07) is 15.7. The second-order valence-electron chi connectivity index (χ2n) is 9.81. The summed E-state index contributed by atoms with van der Waals surface area (Å²) >= 11 is 0. The molecule has 192 valence electrons. The Morgan fingerprint density at radius 3 is 2.27 bits per heavy atom. The molecule has 1 atom stereocenters. The average molecular weight is 500 g/mol. The van der Waals surface area contributed by atoms with Gasteiger partial charge in [0, 0.05) is 11.3 Å². The van der Waals surface area contributed by atoms with Gasteiger partial charge < -0.3 is 14.6 Å².